The minimum atomic E-state index is -0.783. The molecule has 0 heterocycles. The van der Waals surface area contributed by atoms with Crippen LogP contribution in [0.5, 0.6) is 0 Å². The number of carbonyl (C=O) groups is 2. The van der Waals surface area contributed by atoms with Crippen molar-refractivity contribution in [3.8, 4) is 0 Å². The van der Waals surface area contributed by atoms with Crippen molar-refractivity contribution in [3.63, 3.8) is 0 Å². The number of aliphatic hydroxyl groups is 2. The molecule has 0 aliphatic rings. The van der Waals surface area contributed by atoms with Crippen LogP contribution in [0.25, 0.3) is 0 Å². The van der Waals surface area contributed by atoms with Crippen molar-refractivity contribution >= 4 is 11.9 Å². The Morgan fingerprint density at radius 1 is 0.483 bits per heavy atom. The molecule has 0 aliphatic carbocycles. The van der Waals surface area contributed by atoms with Gasteiger partial charge < -0.3 is 20.3 Å². The number of carbonyl (C=O) groups excluding carboxylic acids is 2. The SMILES string of the molecule is CCCCCCCC/C=C/CCCCCCCC(CC(=O)NC(CO)C(O)CCCCCCCCCCCCCC)OC(=O)CCCCCCCCCCCCCC. The Hall–Kier alpha value is -1.40. The number of unbranched alkanes of at least 4 members (excludes halogenated alkanes) is 33. The lowest BCUT2D eigenvalue weighted by atomic mass is 10.0. The van der Waals surface area contributed by atoms with Crippen LogP contribution in [0.4, 0.5) is 0 Å². The molecule has 344 valence electrons. The number of allylic oxidation sites excluding steroid dienone is 2. The number of hydrogen-bond donors (Lipinski definition) is 3. The van der Waals surface area contributed by atoms with E-state index in [2.05, 4.69) is 38.2 Å². The van der Waals surface area contributed by atoms with Crippen LogP contribution in [0, 0.1) is 0 Å². The minimum Gasteiger partial charge on any atom is -0.462 e. The number of ether oxygens (including phenoxy) is 1. The third-order valence-corrected chi connectivity index (χ3v) is 12.1. The van der Waals surface area contributed by atoms with E-state index < -0.39 is 18.2 Å². The van der Waals surface area contributed by atoms with Gasteiger partial charge in [-0.05, 0) is 51.4 Å². The summed E-state index contributed by atoms with van der Waals surface area (Å²) in [7, 11) is 0. The summed E-state index contributed by atoms with van der Waals surface area (Å²) in [6.07, 6.45) is 51.2. The molecule has 0 saturated heterocycles. The standard InChI is InChI=1S/C52H101NO5/c1-4-7-10-13-16-19-22-25-26-27-28-31-34-37-40-43-48(58-52(57)45-42-39-36-33-30-24-21-18-15-12-9-6-3)46-51(56)53-49(47-54)50(55)44-41-38-35-32-29-23-20-17-14-11-8-5-2/h25-26,48-50,54-55H,4-24,27-47H2,1-3H3,(H,53,56)/b26-25+. The second-order valence-corrected chi connectivity index (χ2v) is 17.9. The molecule has 0 aromatic rings. The molecule has 0 aromatic carbocycles. The maximum Gasteiger partial charge on any atom is 0.306 e. The van der Waals surface area contributed by atoms with Crippen LogP contribution in [-0.2, 0) is 14.3 Å². The molecule has 0 aliphatic heterocycles. The van der Waals surface area contributed by atoms with Crippen LogP contribution in [0.3, 0.4) is 0 Å². The number of nitrogens with one attached hydrogen (secondary N) is 1. The third-order valence-electron chi connectivity index (χ3n) is 12.1. The van der Waals surface area contributed by atoms with Crippen LogP contribution < -0.4 is 5.32 Å². The molecule has 6 nitrogen and oxygen atoms in total. The average molecular weight is 820 g/mol. The Bertz CT molecular complexity index is 878. The van der Waals surface area contributed by atoms with Crippen molar-refractivity contribution in [2.45, 2.75) is 302 Å². The first-order valence-corrected chi connectivity index (χ1v) is 25.9. The van der Waals surface area contributed by atoms with Crippen molar-refractivity contribution in [1.29, 1.82) is 0 Å². The maximum absolute atomic E-state index is 13.2. The van der Waals surface area contributed by atoms with Crippen molar-refractivity contribution in [2.24, 2.45) is 0 Å². The highest BCUT2D eigenvalue weighted by atomic mass is 16.5. The molecule has 1 amide bonds. The summed E-state index contributed by atoms with van der Waals surface area (Å²) >= 11 is 0. The van der Waals surface area contributed by atoms with Gasteiger partial charge in [-0.3, -0.25) is 9.59 Å². The van der Waals surface area contributed by atoms with Crippen LogP contribution in [0.2, 0.25) is 0 Å². The highest BCUT2D eigenvalue weighted by Gasteiger charge is 2.24. The molecule has 0 saturated carbocycles. The largest absolute Gasteiger partial charge is 0.462 e. The second kappa shape index (κ2) is 46.7. The molecule has 0 spiro atoms. The van der Waals surface area contributed by atoms with Crippen LogP contribution in [0.15, 0.2) is 12.2 Å². The van der Waals surface area contributed by atoms with Gasteiger partial charge in [0.2, 0.25) is 5.91 Å². The molecule has 6 heteroatoms. The minimum absolute atomic E-state index is 0.0788. The summed E-state index contributed by atoms with van der Waals surface area (Å²) in [4.78, 5) is 26.1. The van der Waals surface area contributed by atoms with Gasteiger partial charge in [0.1, 0.15) is 6.10 Å². The molecule has 58 heavy (non-hydrogen) atoms. The molecule has 3 unspecified atom stereocenters. The summed E-state index contributed by atoms with van der Waals surface area (Å²) in [5.74, 6) is -0.466. The predicted molar refractivity (Wildman–Crippen MR) is 250 cm³/mol. The van der Waals surface area contributed by atoms with Gasteiger partial charge >= 0.3 is 5.97 Å². The first-order valence-electron chi connectivity index (χ1n) is 25.9. The Kier molecular flexibility index (Phi) is 45.5. The molecule has 3 N–H and O–H groups in total. The number of aliphatic hydroxyl groups excluding tert-OH is 2. The van der Waals surface area contributed by atoms with Crippen molar-refractivity contribution in [2.75, 3.05) is 6.61 Å². The van der Waals surface area contributed by atoms with Gasteiger partial charge in [0.05, 0.1) is 25.2 Å². The van der Waals surface area contributed by atoms with Crippen molar-refractivity contribution in [1.82, 2.24) is 5.32 Å². The van der Waals surface area contributed by atoms with Gasteiger partial charge in [0.25, 0.3) is 0 Å². The molecular formula is C52H101NO5. The molecule has 0 aromatic heterocycles. The second-order valence-electron chi connectivity index (χ2n) is 17.9. The van der Waals surface area contributed by atoms with E-state index in [4.69, 9.17) is 4.74 Å². The fourth-order valence-electron chi connectivity index (χ4n) is 8.13. The van der Waals surface area contributed by atoms with Gasteiger partial charge in [0.15, 0.2) is 0 Å². The lowest BCUT2D eigenvalue weighted by Crippen LogP contribution is -2.46. The number of rotatable bonds is 47. The number of esters is 1. The topological polar surface area (TPSA) is 95.9 Å². The Labute approximate surface area is 361 Å². The van der Waals surface area contributed by atoms with E-state index in [0.29, 0.717) is 19.3 Å². The number of hydrogen-bond acceptors (Lipinski definition) is 5. The van der Waals surface area contributed by atoms with E-state index in [1.165, 1.54) is 180 Å². The fourth-order valence-corrected chi connectivity index (χ4v) is 8.13. The molecule has 0 radical (unpaired) electrons. The first kappa shape index (κ1) is 56.6. The van der Waals surface area contributed by atoms with E-state index in [9.17, 15) is 19.8 Å². The highest BCUT2D eigenvalue weighted by molar-refractivity contribution is 5.77. The van der Waals surface area contributed by atoms with Gasteiger partial charge in [0, 0.05) is 6.42 Å². The summed E-state index contributed by atoms with van der Waals surface area (Å²) in [6.45, 7) is 6.49. The quantitative estimate of drug-likeness (QED) is 0.0323. The zero-order valence-corrected chi connectivity index (χ0v) is 39.2. The maximum atomic E-state index is 13.2. The number of amides is 1. The van der Waals surface area contributed by atoms with Gasteiger partial charge in [-0.1, -0.05) is 232 Å². The van der Waals surface area contributed by atoms with E-state index in [0.717, 1.165) is 57.8 Å². The molecule has 0 rings (SSSR count). The van der Waals surface area contributed by atoms with E-state index in [-0.39, 0.29) is 24.9 Å². The van der Waals surface area contributed by atoms with Gasteiger partial charge in [-0.25, -0.2) is 0 Å². The third kappa shape index (κ3) is 41.3. The molecule has 0 bridgehead atoms. The van der Waals surface area contributed by atoms with E-state index in [1.54, 1.807) is 0 Å². The average Bonchev–Trinajstić information content (AvgIpc) is 3.22. The normalized spacial score (nSPS) is 13.3. The Morgan fingerprint density at radius 3 is 1.22 bits per heavy atom. The fraction of sp³-hybridized carbons (Fsp3) is 0.923. The van der Waals surface area contributed by atoms with Gasteiger partial charge in [-0.15, -0.1) is 0 Å². The predicted octanol–water partition coefficient (Wildman–Crippen LogP) is 15.3. The monoisotopic (exact) mass is 820 g/mol. The van der Waals surface area contributed by atoms with Crippen LogP contribution in [0.1, 0.15) is 284 Å². The van der Waals surface area contributed by atoms with Gasteiger partial charge in [-0.2, -0.15) is 0 Å². The lowest BCUT2D eigenvalue weighted by Gasteiger charge is -2.24. The zero-order valence-electron chi connectivity index (χ0n) is 39.2. The highest BCUT2D eigenvalue weighted by Crippen LogP contribution is 2.18. The molecule has 0 fully saturated rings. The molecule has 3 atom stereocenters. The lowest BCUT2D eigenvalue weighted by molar-refractivity contribution is -0.151. The summed E-state index contributed by atoms with van der Waals surface area (Å²) in [5, 5.41) is 23.7. The van der Waals surface area contributed by atoms with Crippen LogP contribution in [-0.4, -0.2) is 46.9 Å². The molecular weight excluding hydrogens is 719 g/mol. The van der Waals surface area contributed by atoms with Crippen molar-refractivity contribution in [3.05, 3.63) is 12.2 Å². The van der Waals surface area contributed by atoms with Crippen LogP contribution >= 0.6 is 0 Å². The summed E-state index contributed by atoms with van der Waals surface area (Å²) in [5.41, 5.74) is 0. The van der Waals surface area contributed by atoms with E-state index in [1.807, 2.05) is 0 Å². The zero-order chi connectivity index (χ0) is 42.4. The smallest absolute Gasteiger partial charge is 0.306 e. The summed E-state index contributed by atoms with van der Waals surface area (Å²) in [6, 6.07) is -0.697. The van der Waals surface area contributed by atoms with E-state index >= 15 is 0 Å². The Morgan fingerprint density at radius 2 is 0.828 bits per heavy atom. The van der Waals surface area contributed by atoms with Crippen molar-refractivity contribution < 1.29 is 24.5 Å². The Balaban J connectivity index is 4.56. The first-order chi connectivity index (χ1) is 28.5. The summed E-state index contributed by atoms with van der Waals surface area (Å²) < 4.78 is 5.93.